The Morgan fingerprint density at radius 3 is 2.69 bits per heavy atom. The molecule has 2 N–H and O–H groups in total. The third-order valence-electron chi connectivity index (χ3n) is 3.90. The molecule has 0 aromatic heterocycles. The molecule has 1 aromatic rings. The van der Waals surface area contributed by atoms with Gasteiger partial charge in [-0.15, -0.1) is 5.10 Å². The molecule has 1 aliphatic rings. The Morgan fingerprint density at radius 1 is 1.35 bits per heavy atom. The van der Waals surface area contributed by atoms with E-state index in [9.17, 15) is 9.59 Å². The van der Waals surface area contributed by atoms with Crippen LogP contribution in [0.4, 0.5) is 5.69 Å². The molecule has 0 unspecified atom stereocenters. The SMILES string of the molecule is COc1ccccc1NC(=O)C[C@@H]1S/C(=N/N=C(\C)C(C)(C)C)NC1=O. The van der Waals surface area contributed by atoms with Crippen LogP contribution in [-0.4, -0.2) is 35.1 Å². The lowest BCUT2D eigenvalue weighted by molar-refractivity contribution is -0.122. The largest absolute Gasteiger partial charge is 0.495 e. The van der Waals surface area contributed by atoms with Gasteiger partial charge >= 0.3 is 0 Å². The van der Waals surface area contributed by atoms with Crippen LogP contribution >= 0.6 is 11.8 Å². The van der Waals surface area contributed by atoms with Crippen molar-refractivity contribution in [1.82, 2.24) is 5.32 Å². The number of carbonyl (C=O) groups excluding carboxylic acids is 2. The van der Waals surface area contributed by atoms with Gasteiger partial charge in [-0.3, -0.25) is 9.59 Å². The van der Waals surface area contributed by atoms with Gasteiger partial charge < -0.3 is 15.4 Å². The Labute approximate surface area is 157 Å². The quantitative estimate of drug-likeness (QED) is 0.610. The highest BCUT2D eigenvalue weighted by Crippen LogP contribution is 2.26. The van der Waals surface area contributed by atoms with Crippen LogP contribution in [0.2, 0.25) is 0 Å². The second-order valence-electron chi connectivity index (χ2n) is 6.89. The van der Waals surface area contributed by atoms with E-state index in [4.69, 9.17) is 4.74 Å². The van der Waals surface area contributed by atoms with Crippen molar-refractivity contribution in [2.75, 3.05) is 12.4 Å². The number of nitrogens with one attached hydrogen (secondary N) is 2. The second-order valence-corrected chi connectivity index (χ2v) is 8.08. The van der Waals surface area contributed by atoms with E-state index in [0.29, 0.717) is 16.6 Å². The number of carbonyl (C=O) groups is 2. The van der Waals surface area contributed by atoms with E-state index >= 15 is 0 Å². The molecule has 1 heterocycles. The molecule has 2 rings (SSSR count). The maximum atomic E-state index is 12.3. The normalized spacial score (nSPS) is 19.4. The van der Waals surface area contributed by atoms with Gasteiger partial charge in [-0.1, -0.05) is 44.7 Å². The molecule has 8 heteroatoms. The number of amides is 2. The lowest BCUT2D eigenvalue weighted by atomic mass is 9.91. The maximum Gasteiger partial charge on any atom is 0.240 e. The molecule has 26 heavy (non-hydrogen) atoms. The van der Waals surface area contributed by atoms with E-state index in [0.717, 1.165) is 5.71 Å². The van der Waals surface area contributed by atoms with Gasteiger partial charge in [0.05, 0.1) is 12.8 Å². The van der Waals surface area contributed by atoms with Crippen LogP contribution in [0.15, 0.2) is 34.5 Å². The summed E-state index contributed by atoms with van der Waals surface area (Å²) < 4.78 is 5.20. The first-order valence-corrected chi connectivity index (χ1v) is 9.12. The number of thioether (sulfide) groups is 1. The second kappa shape index (κ2) is 8.35. The zero-order chi connectivity index (χ0) is 19.3. The van der Waals surface area contributed by atoms with Crippen molar-refractivity contribution in [2.24, 2.45) is 15.6 Å². The smallest absolute Gasteiger partial charge is 0.240 e. The molecule has 1 atom stereocenters. The summed E-state index contributed by atoms with van der Waals surface area (Å²) in [5.41, 5.74) is 1.34. The topological polar surface area (TPSA) is 92.2 Å². The number of nitrogens with zero attached hydrogens (tertiary/aromatic N) is 2. The highest BCUT2D eigenvalue weighted by molar-refractivity contribution is 8.15. The number of methoxy groups -OCH3 is 1. The molecular weight excluding hydrogens is 352 g/mol. The molecule has 7 nitrogen and oxygen atoms in total. The monoisotopic (exact) mass is 376 g/mol. The molecule has 0 spiro atoms. The van der Waals surface area contributed by atoms with Crippen LogP contribution in [0.1, 0.15) is 34.1 Å². The third kappa shape index (κ3) is 5.32. The fraction of sp³-hybridized carbons (Fsp3) is 0.444. The summed E-state index contributed by atoms with van der Waals surface area (Å²) in [7, 11) is 1.54. The molecule has 2 amide bonds. The minimum Gasteiger partial charge on any atom is -0.495 e. The number of hydrogen-bond donors (Lipinski definition) is 2. The highest BCUT2D eigenvalue weighted by Gasteiger charge is 2.32. The number of benzene rings is 1. The van der Waals surface area contributed by atoms with E-state index in [1.807, 2.05) is 33.8 Å². The van der Waals surface area contributed by atoms with Crippen molar-refractivity contribution in [3.8, 4) is 5.75 Å². The van der Waals surface area contributed by atoms with E-state index < -0.39 is 5.25 Å². The molecule has 1 aliphatic heterocycles. The van der Waals surface area contributed by atoms with Gasteiger partial charge in [0.25, 0.3) is 0 Å². The summed E-state index contributed by atoms with van der Waals surface area (Å²) in [4.78, 5) is 24.3. The maximum absolute atomic E-state index is 12.3. The number of anilines is 1. The van der Waals surface area contributed by atoms with Crippen molar-refractivity contribution >= 4 is 40.1 Å². The van der Waals surface area contributed by atoms with Gasteiger partial charge in [-0.05, 0) is 19.1 Å². The zero-order valence-electron chi connectivity index (χ0n) is 15.6. The fourth-order valence-corrected chi connectivity index (χ4v) is 2.89. The van der Waals surface area contributed by atoms with Crippen molar-refractivity contribution in [3.05, 3.63) is 24.3 Å². The first kappa shape index (κ1) is 20.0. The van der Waals surface area contributed by atoms with Gasteiger partial charge in [0.15, 0.2) is 5.17 Å². The predicted molar refractivity (Wildman–Crippen MR) is 106 cm³/mol. The molecule has 0 radical (unpaired) electrons. The van der Waals surface area contributed by atoms with E-state index in [-0.39, 0.29) is 23.7 Å². The van der Waals surface area contributed by atoms with Crippen LogP contribution < -0.4 is 15.4 Å². The van der Waals surface area contributed by atoms with Crippen LogP contribution in [0.3, 0.4) is 0 Å². The van der Waals surface area contributed by atoms with Gasteiger partial charge in [-0.2, -0.15) is 5.10 Å². The van der Waals surface area contributed by atoms with Crippen LogP contribution in [0.25, 0.3) is 0 Å². The molecule has 0 bridgehead atoms. The van der Waals surface area contributed by atoms with Crippen LogP contribution in [0, 0.1) is 5.41 Å². The number of para-hydroxylation sites is 2. The van der Waals surface area contributed by atoms with Crippen LogP contribution in [0.5, 0.6) is 5.75 Å². The lowest BCUT2D eigenvalue weighted by Crippen LogP contribution is -2.28. The van der Waals surface area contributed by atoms with Gasteiger partial charge in [-0.25, -0.2) is 0 Å². The molecule has 0 aliphatic carbocycles. The van der Waals surface area contributed by atoms with Crippen molar-refractivity contribution in [3.63, 3.8) is 0 Å². The summed E-state index contributed by atoms with van der Waals surface area (Å²) in [5.74, 6) is 0.0592. The lowest BCUT2D eigenvalue weighted by Gasteiger charge is -2.16. The molecule has 0 saturated carbocycles. The molecule has 140 valence electrons. The molecular formula is C18H24N4O3S. The minimum absolute atomic E-state index is 0.0372. The van der Waals surface area contributed by atoms with Crippen molar-refractivity contribution < 1.29 is 14.3 Å². The summed E-state index contributed by atoms with van der Waals surface area (Å²) in [6.45, 7) is 8.01. The predicted octanol–water partition coefficient (Wildman–Crippen LogP) is 3.03. The molecule has 1 saturated heterocycles. The number of rotatable bonds is 5. The summed E-state index contributed by atoms with van der Waals surface area (Å²) >= 11 is 1.21. The zero-order valence-corrected chi connectivity index (χ0v) is 16.4. The Kier molecular flexibility index (Phi) is 6.42. The highest BCUT2D eigenvalue weighted by atomic mass is 32.2. The summed E-state index contributed by atoms with van der Waals surface area (Å²) in [6.07, 6.45) is 0.0372. The molecule has 1 fully saturated rings. The van der Waals surface area contributed by atoms with Crippen molar-refractivity contribution in [1.29, 1.82) is 0 Å². The van der Waals surface area contributed by atoms with Gasteiger partial charge in [0.2, 0.25) is 11.8 Å². The average molecular weight is 376 g/mol. The van der Waals surface area contributed by atoms with E-state index in [1.54, 1.807) is 18.2 Å². The Bertz CT molecular complexity index is 753. The number of hydrogen-bond acceptors (Lipinski definition) is 6. The van der Waals surface area contributed by atoms with E-state index in [2.05, 4.69) is 20.8 Å². The standard InChI is InChI=1S/C18H24N4O3S/c1-11(18(2,3)4)21-22-17-20-16(24)14(26-17)10-15(23)19-12-8-6-7-9-13(12)25-5/h6-9,14H,10H2,1-5H3,(H,19,23)(H,20,22,24)/b21-11+/t14-/m0/s1. The summed E-state index contributed by atoms with van der Waals surface area (Å²) in [6, 6.07) is 7.12. The average Bonchev–Trinajstić information content (AvgIpc) is 2.91. The van der Waals surface area contributed by atoms with Gasteiger partial charge in [0.1, 0.15) is 11.0 Å². The number of ether oxygens (including phenoxy) is 1. The summed E-state index contributed by atoms with van der Waals surface area (Å²) in [5, 5.41) is 13.6. The van der Waals surface area contributed by atoms with Gasteiger partial charge in [0, 0.05) is 17.5 Å². The first-order chi connectivity index (χ1) is 12.2. The Hall–Kier alpha value is -2.35. The van der Waals surface area contributed by atoms with E-state index in [1.165, 1.54) is 18.9 Å². The Morgan fingerprint density at radius 2 is 2.04 bits per heavy atom. The third-order valence-corrected chi connectivity index (χ3v) is 4.98. The minimum atomic E-state index is -0.534. The number of amidine groups is 1. The first-order valence-electron chi connectivity index (χ1n) is 8.24. The fourth-order valence-electron chi connectivity index (χ4n) is 1.97. The van der Waals surface area contributed by atoms with Crippen molar-refractivity contribution in [2.45, 2.75) is 39.4 Å². The Balaban J connectivity index is 1.98. The van der Waals surface area contributed by atoms with Crippen LogP contribution in [-0.2, 0) is 9.59 Å². The molecule has 1 aromatic carbocycles.